The number of thioether (sulfide) groups is 1. The summed E-state index contributed by atoms with van der Waals surface area (Å²) < 4.78 is 6.70. The van der Waals surface area contributed by atoms with Crippen molar-refractivity contribution in [3.8, 4) is 0 Å². The molecule has 0 saturated carbocycles. The lowest BCUT2D eigenvalue weighted by molar-refractivity contribution is 0.0715. The van der Waals surface area contributed by atoms with E-state index in [-0.39, 0.29) is 17.4 Å². The van der Waals surface area contributed by atoms with Crippen LogP contribution in [0.4, 0.5) is 10.8 Å². The van der Waals surface area contributed by atoms with Crippen molar-refractivity contribution in [2.75, 3.05) is 24.1 Å². The van der Waals surface area contributed by atoms with E-state index in [2.05, 4.69) is 41.3 Å². The van der Waals surface area contributed by atoms with Crippen LogP contribution >= 0.6 is 23.1 Å². The lowest BCUT2D eigenvalue weighted by atomic mass is 9.94. The third-order valence-corrected chi connectivity index (χ3v) is 7.18. The van der Waals surface area contributed by atoms with Crippen molar-refractivity contribution in [1.82, 2.24) is 20.1 Å². The average molecular weight is 473 g/mol. The molecule has 32 heavy (non-hydrogen) atoms. The summed E-state index contributed by atoms with van der Waals surface area (Å²) in [7, 11) is 0. The third kappa shape index (κ3) is 5.60. The van der Waals surface area contributed by atoms with E-state index < -0.39 is 0 Å². The minimum Gasteiger partial charge on any atom is -0.444 e. The van der Waals surface area contributed by atoms with Gasteiger partial charge in [0.05, 0.1) is 11.9 Å². The Balaban J connectivity index is 1.30. The standard InChI is InChI=1S/C22H28N6O2S2/c1-22(2,3)17-11-24-18(30-17)13-31-21-27-26-20(32-21)25-16-5-4-10-28(12-16)19(29)14-6-8-15(23)9-7-14/h6-9,11,16H,4-5,10,12-13,23H2,1-3H3,(H,25,26). The van der Waals surface area contributed by atoms with Gasteiger partial charge in [0.15, 0.2) is 4.34 Å². The lowest BCUT2D eigenvalue weighted by Gasteiger charge is -2.33. The summed E-state index contributed by atoms with van der Waals surface area (Å²) >= 11 is 3.07. The van der Waals surface area contributed by atoms with Crippen LogP contribution in [-0.2, 0) is 11.2 Å². The lowest BCUT2D eigenvalue weighted by Crippen LogP contribution is -2.45. The predicted octanol–water partition coefficient (Wildman–Crippen LogP) is 4.41. The number of likely N-dealkylation sites (tertiary alicyclic amines) is 1. The molecule has 1 atom stereocenters. The number of rotatable bonds is 6. The normalized spacial score (nSPS) is 16.8. The maximum Gasteiger partial charge on any atom is 0.253 e. The number of anilines is 2. The van der Waals surface area contributed by atoms with Crippen LogP contribution in [0.15, 0.2) is 39.2 Å². The van der Waals surface area contributed by atoms with E-state index in [1.807, 2.05) is 4.90 Å². The number of nitrogens with two attached hydrogens (primary N) is 1. The second-order valence-electron chi connectivity index (χ2n) is 8.89. The molecule has 8 nitrogen and oxygen atoms in total. The molecular weight excluding hydrogens is 444 g/mol. The quantitative estimate of drug-likeness (QED) is 0.401. The van der Waals surface area contributed by atoms with Gasteiger partial charge in [-0.2, -0.15) is 0 Å². The molecule has 1 unspecified atom stereocenters. The van der Waals surface area contributed by atoms with Crippen LogP contribution in [0.1, 0.15) is 55.6 Å². The Morgan fingerprint density at radius 2 is 2.09 bits per heavy atom. The zero-order valence-electron chi connectivity index (χ0n) is 18.5. The zero-order chi connectivity index (χ0) is 22.7. The highest BCUT2D eigenvalue weighted by atomic mass is 32.2. The Morgan fingerprint density at radius 3 is 2.81 bits per heavy atom. The van der Waals surface area contributed by atoms with Crippen LogP contribution < -0.4 is 11.1 Å². The van der Waals surface area contributed by atoms with Gasteiger partial charge in [-0.3, -0.25) is 4.79 Å². The number of piperidine rings is 1. The smallest absolute Gasteiger partial charge is 0.253 e. The molecule has 0 aliphatic carbocycles. The second-order valence-corrected chi connectivity index (χ2v) is 11.1. The molecule has 1 amide bonds. The second kappa shape index (κ2) is 9.50. The third-order valence-electron chi connectivity index (χ3n) is 5.21. The van der Waals surface area contributed by atoms with Crippen LogP contribution in [0.5, 0.6) is 0 Å². The summed E-state index contributed by atoms with van der Waals surface area (Å²) in [6, 6.07) is 7.22. The van der Waals surface area contributed by atoms with Gasteiger partial charge in [0.25, 0.3) is 5.91 Å². The molecule has 3 heterocycles. The highest BCUT2D eigenvalue weighted by molar-refractivity contribution is 8.00. The molecule has 1 fully saturated rings. The molecule has 4 rings (SSSR count). The Hall–Kier alpha value is -2.59. The van der Waals surface area contributed by atoms with Gasteiger partial charge in [-0.05, 0) is 37.1 Å². The Labute approximate surface area is 196 Å². The SMILES string of the molecule is CC(C)(C)c1cnc(CSc2nnc(NC3CCCN(C(=O)c4ccc(N)cc4)C3)s2)o1. The van der Waals surface area contributed by atoms with Gasteiger partial charge in [-0.1, -0.05) is 43.9 Å². The van der Waals surface area contributed by atoms with Crippen molar-refractivity contribution in [2.45, 2.75) is 55.2 Å². The van der Waals surface area contributed by atoms with E-state index in [4.69, 9.17) is 10.2 Å². The van der Waals surface area contributed by atoms with Crippen molar-refractivity contribution in [2.24, 2.45) is 0 Å². The molecule has 0 radical (unpaired) electrons. The minimum absolute atomic E-state index is 0.0329. The number of hydrogen-bond acceptors (Lipinski definition) is 9. The zero-order valence-corrected chi connectivity index (χ0v) is 20.1. The van der Waals surface area contributed by atoms with E-state index in [1.54, 1.807) is 42.2 Å². The molecule has 2 aromatic heterocycles. The molecule has 0 bridgehead atoms. The molecule has 3 N–H and O–H groups in total. The molecule has 0 spiro atoms. The molecule has 170 valence electrons. The van der Waals surface area contributed by atoms with Gasteiger partial charge in [0, 0.05) is 35.8 Å². The van der Waals surface area contributed by atoms with Crippen LogP contribution in [0, 0.1) is 0 Å². The number of carbonyl (C=O) groups excluding carboxylic acids is 1. The highest BCUT2D eigenvalue weighted by Gasteiger charge is 2.25. The maximum atomic E-state index is 12.8. The van der Waals surface area contributed by atoms with Gasteiger partial charge in [-0.25, -0.2) is 4.98 Å². The summed E-state index contributed by atoms with van der Waals surface area (Å²) in [5, 5.41) is 12.8. The van der Waals surface area contributed by atoms with E-state index >= 15 is 0 Å². The van der Waals surface area contributed by atoms with Crippen molar-refractivity contribution in [1.29, 1.82) is 0 Å². The first-order chi connectivity index (χ1) is 15.3. The van der Waals surface area contributed by atoms with E-state index in [0.717, 1.165) is 34.6 Å². The number of carbonyl (C=O) groups is 1. The number of oxazole rings is 1. The van der Waals surface area contributed by atoms with Crippen molar-refractivity contribution < 1.29 is 9.21 Å². The summed E-state index contributed by atoms with van der Waals surface area (Å²) in [5.74, 6) is 2.21. The number of hydrogen-bond donors (Lipinski definition) is 2. The highest BCUT2D eigenvalue weighted by Crippen LogP contribution is 2.30. The maximum absolute atomic E-state index is 12.8. The topological polar surface area (TPSA) is 110 Å². The predicted molar refractivity (Wildman–Crippen MR) is 128 cm³/mol. The summed E-state index contributed by atoms with van der Waals surface area (Å²) in [5.41, 5.74) is 6.99. The molecule has 1 aliphatic rings. The van der Waals surface area contributed by atoms with Crippen molar-refractivity contribution in [3.05, 3.63) is 47.7 Å². The molecule has 1 aromatic carbocycles. The minimum atomic E-state index is -0.0567. The van der Waals surface area contributed by atoms with E-state index in [9.17, 15) is 4.79 Å². The van der Waals surface area contributed by atoms with Gasteiger partial charge in [-0.15, -0.1) is 10.2 Å². The van der Waals surface area contributed by atoms with Crippen LogP contribution in [-0.4, -0.2) is 45.1 Å². The number of benzene rings is 1. The van der Waals surface area contributed by atoms with Gasteiger partial charge < -0.3 is 20.4 Å². The monoisotopic (exact) mass is 472 g/mol. The number of nitrogens with zero attached hydrogens (tertiary/aromatic N) is 4. The summed E-state index contributed by atoms with van der Waals surface area (Å²) in [6.07, 6.45) is 3.72. The van der Waals surface area contributed by atoms with Gasteiger partial charge in [0.1, 0.15) is 5.76 Å². The number of aromatic nitrogens is 3. The van der Waals surface area contributed by atoms with Crippen LogP contribution in [0.25, 0.3) is 0 Å². The van der Waals surface area contributed by atoms with E-state index in [0.29, 0.717) is 29.4 Å². The fraction of sp³-hybridized carbons (Fsp3) is 0.455. The van der Waals surface area contributed by atoms with Gasteiger partial charge in [0.2, 0.25) is 11.0 Å². The van der Waals surface area contributed by atoms with Crippen molar-refractivity contribution >= 4 is 39.8 Å². The molecule has 1 saturated heterocycles. The van der Waals surface area contributed by atoms with Crippen LogP contribution in [0.3, 0.4) is 0 Å². The van der Waals surface area contributed by atoms with Gasteiger partial charge >= 0.3 is 0 Å². The first kappa shape index (κ1) is 22.6. The fourth-order valence-electron chi connectivity index (χ4n) is 3.44. The van der Waals surface area contributed by atoms with Crippen LogP contribution in [0.2, 0.25) is 0 Å². The molecule has 10 heteroatoms. The molecular formula is C22H28N6O2S2. The first-order valence-corrected chi connectivity index (χ1v) is 12.4. The number of amides is 1. The Kier molecular flexibility index (Phi) is 6.71. The Morgan fingerprint density at radius 1 is 1.31 bits per heavy atom. The Bertz CT molecular complexity index is 1060. The van der Waals surface area contributed by atoms with E-state index in [1.165, 1.54) is 11.3 Å². The summed E-state index contributed by atoms with van der Waals surface area (Å²) in [6.45, 7) is 7.69. The fourth-order valence-corrected chi connectivity index (χ4v) is 5.12. The van der Waals surface area contributed by atoms with Crippen molar-refractivity contribution in [3.63, 3.8) is 0 Å². The largest absolute Gasteiger partial charge is 0.444 e. The average Bonchev–Trinajstić information content (AvgIpc) is 3.42. The number of nitrogen functional groups attached to an aromatic ring is 1. The molecule has 3 aromatic rings. The first-order valence-electron chi connectivity index (χ1n) is 10.6. The summed E-state index contributed by atoms with van der Waals surface area (Å²) in [4.78, 5) is 19.1. The number of nitrogens with one attached hydrogen (secondary N) is 1. The molecule has 1 aliphatic heterocycles.